The van der Waals surface area contributed by atoms with Crippen molar-refractivity contribution >= 4 is 23.3 Å². The first-order valence-corrected chi connectivity index (χ1v) is 18.3. The highest BCUT2D eigenvalue weighted by molar-refractivity contribution is 7.40. The molecule has 0 bridgehead atoms. The van der Waals surface area contributed by atoms with Crippen molar-refractivity contribution < 1.29 is 0 Å². The first-order valence-electron chi connectivity index (χ1n) is 6.91. The molecular weight excluding hydrogens is 252 g/mol. The number of hydrogen-bond acceptors (Lipinski definition) is 0. The summed E-state index contributed by atoms with van der Waals surface area (Å²) >= 11 is 0. The predicted molar refractivity (Wildman–Crippen MR) is 92.2 cm³/mol. The third-order valence-electron chi connectivity index (χ3n) is 4.26. The van der Waals surface area contributed by atoms with Crippen LogP contribution in [-0.2, 0) is 0 Å². The van der Waals surface area contributed by atoms with E-state index < -0.39 is 23.3 Å². The van der Waals surface area contributed by atoms with Crippen LogP contribution in [-0.4, -0.2) is 23.3 Å². The highest BCUT2D eigenvalue weighted by Gasteiger charge is 2.36. The molecule has 0 amide bonds. The van der Waals surface area contributed by atoms with Crippen molar-refractivity contribution in [1.29, 1.82) is 0 Å². The Kier molecular flexibility index (Phi) is 5.70. The van der Waals surface area contributed by atoms with Crippen molar-refractivity contribution in [3.05, 3.63) is 11.1 Å². The van der Waals surface area contributed by atoms with Gasteiger partial charge in [0.05, 0.1) is 0 Å². The van der Waals surface area contributed by atoms with E-state index in [0.29, 0.717) is 0 Å². The molecule has 0 heterocycles. The van der Waals surface area contributed by atoms with Crippen LogP contribution < -0.4 is 0 Å². The lowest BCUT2D eigenvalue weighted by atomic mass is 10.2. The normalized spacial score (nSPS) is 15.9. The maximum absolute atomic E-state index is 2.60. The van der Waals surface area contributed by atoms with Crippen LogP contribution in [0.5, 0.6) is 0 Å². The number of allylic oxidation sites excluding steroid dienone is 2. The maximum Gasteiger partial charge on any atom is 0.0483 e. The molecule has 0 aromatic rings. The molecule has 0 aliphatic carbocycles. The van der Waals surface area contributed by atoms with Crippen molar-refractivity contribution in [1.82, 2.24) is 0 Å². The fourth-order valence-electron chi connectivity index (χ4n) is 2.03. The first-order chi connectivity index (χ1) is 7.26. The molecule has 0 fully saturated rings. The van der Waals surface area contributed by atoms with E-state index in [4.69, 9.17) is 0 Å². The minimum absolute atomic E-state index is 0.935. The lowest BCUT2D eigenvalue weighted by molar-refractivity contribution is 1.18. The zero-order valence-electron chi connectivity index (χ0n) is 13.9. The largest absolute Gasteiger partial charge is 0.0775 e. The van der Waals surface area contributed by atoms with Crippen molar-refractivity contribution in [2.24, 2.45) is 0 Å². The lowest BCUT2D eigenvalue weighted by Crippen LogP contribution is -2.52. The Morgan fingerprint density at radius 3 is 1.29 bits per heavy atom. The predicted octanol–water partition coefficient (Wildman–Crippen LogP) is 5.79. The molecule has 102 valence electrons. The van der Waals surface area contributed by atoms with Gasteiger partial charge in [0.15, 0.2) is 0 Å². The second kappa shape index (κ2) is 5.57. The molecule has 0 radical (unpaired) electrons. The molecule has 0 spiro atoms. The van der Waals surface area contributed by atoms with Crippen molar-refractivity contribution in [2.45, 2.75) is 78.3 Å². The molecular formula is C14H34Si3. The van der Waals surface area contributed by atoms with Gasteiger partial charge >= 0.3 is 0 Å². The van der Waals surface area contributed by atoms with Gasteiger partial charge in [-0.15, -0.1) is 0 Å². The fourth-order valence-corrected chi connectivity index (χ4v) is 8.46. The lowest BCUT2D eigenvalue weighted by Gasteiger charge is -2.36. The van der Waals surface area contributed by atoms with Crippen LogP contribution in [0.1, 0.15) is 13.8 Å². The van der Waals surface area contributed by atoms with Gasteiger partial charge in [0, 0.05) is 23.3 Å². The van der Waals surface area contributed by atoms with Crippen molar-refractivity contribution in [3.8, 4) is 0 Å². The van der Waals surface area contributed by atoms with E-state index in [2.05, 4.69) is 66.2 Å². The molecule has 0 aliphatic rings. The fraction of sp³-hybridized carbons (Fsp3) is 0.857. The summed E-state index contributed by atoms with van der Waals surface area (Å²) in [7, 11) is -2.88. The molecule has 0 aliphatic heterocycles. The van der Waals surface area contributed by atoms with Crippen LogP contribution in [0.2, 0.25) is 64.5 Å². The van der Waals surface area contributed by atoms with Gasteiger partial charge in [0.2, 0.25) is 0 Å². The van der Waals surface area contributed by atoms with E-state index >= 15 is 0 Å². The van der Waals surface area contributed by atoms with E-state index in [1.807, 2.05) is 0 Å². The molecule has 0 unspecified atom stereocenters. The first kappa shape index (κ1) is 17.4. The SMILES string of the molecule is CC(C[Si](C)(C)C)=C(C)C[Si](C)(C)[Si](C)(C)C. The molecule has 0 saturated carbocycles. The van der Waals surface area contributed by atoms with Crippen LogP contribution in [0.3, 0.4) is 0 Å². The van der Waals surface area contributed by atoms with Gasteiger partial charge in [-0.25, -0.2) is 0 Å². The summed E-state index contributed by atoms with van der Waals surface area (Å²) in [4.78, 5) is 0. The van der Waals surface area contributed by atoms with Gasteiger partial charge in [0.1, 0.15) is 0 Å². The summed E-state index contributed by atoms with van der Waals surface area (Å²) in [6.45, 7) is 25.1. The summed E-state index contributed by atoms with van der Waals surface area (Å²) in [5, 5.41) is 0. The highest BCUT2D eigenvalue weighted by atomic mass is 29.3. The Balaban J connectivity index is 4.85. The quantitative estimate of drug-likeness (QED) is 0.443. The zero-order chi connectivity index (χ0) is 14.1. The van der Waals surface area contributed by atoms with Crippen LogP contribution >= 0.6 is 0 Å². The van der Waals surface area contributed by atoms with E-state index in [-0.39, 0.29) is 0 Å². The summed E-state index contributed by atoms with van der Waals surface area (Å²) in [6, 6.07) is 2.81. The Morgan fingerprint density at radius 2 is 1.00 bits per heavy atom. The molecule has 0 aromatic carbocycles. The topological polar surface area (TPSA) is 0 Å². The molecule has 17 heavy (non-hydrogen) atoms. The van der Waals surface area contributed by atoms with Gasteiger partial charge < -0.3 is 0 Å². The van der Waals surface area contributed by atoms with E-state index in [1.165, 1.54) is 12.1 Å². The number of hydrogen-bond donors (Lipinski definition) is 0. The molecule has 0 saturated heterocycles. The second-order valence-corrected chi connectivity index (χ2v) is 31.3. The van der Waals surface area contributed by atoms with Gasteiger partial charge in [-0.1, -0.05) is 63.5 Å². The average molecular weight is 287 g/mol. The van der Waals surface area contributed by atoms with E-state index in [9.17, 15) is 0 Å². The van der Waals surface area contributed by atoms with Gasteiger partial charge in [-0.3, -0.25) is 0 Å². The van der Waals surface area contributed by atoms with E-state index in [0.717, 1.165) is 0 Å². The molecule has 0 atom stereocenters. The van der Waals surface area contributed by atoms with Crippen LogP contribution in [0.15, 0.2) is 11.1 Å². The minimum Gasteiger partial charge on any atom is -0.0775 e. The molecule has 0 N–H and O–H groups in total. The summed E-state index contributed by atoms with van der Waals surface area (Å²) < 4.78 is 0. The van der Waals surface area contributed by atoms with Crippen molar-refractivity contribution in [2.75, 3.05) is 0 Å². The maximum atomic E-state index is 2.60. The standard InChI is InChI=1S/C14H34Si3/c1-13(11-15(3,4)5)14(2)12-17(9,10)16(6,7)8/h11-12H2,1-10H3. The van der Waals surface area contributed by atoms with Crippen molar-refractivity contribution in [3.63, 3.8) is 0 Å². The average Bonchev–Trinajstić information content (AvgIpc) is 1.97. The monoisotopic (exact) mass is 286 g/mol. The Labute approximate surface area is 113 Å². The van der Waals surface area contributed by atoms with Gasteiger partial charge in [-0.05, 0) is 25.9 Å². The van der Waals surface area contributed by atoms with E-state index in [1.54, 1.807) is 11.1 Å². The molecule has 0 aromatic heterocycles. The summed E-state index contributed by atoms with van der Waals surface area (Å²) in [5.41, 5.74) is 3.41. The second-order valence-electron chi connectivity index (χ2n) is 8.61. The molecule has 3 heteroatoms. The molecule has 0 rings (SSSR count). The van der Waals surface area contributed by atoms with Crippen LogP contribution in [0.25, 0.3) is 0 Å². The van der Waals surface area contributed by atoms with Gasteiger partial charge in [-0.2, -0.15) is 0 Å². The zero-order valence-corrected chi connectivity index (χ0v) is 16.9. The summed E-state index contributed by atoms with van der Waals surface area (Å²) in [5.74, 6) is 0. The Hall–Kier alpha value is 0.391. The minimum atomic E-state index is -1.01. The smallest absolute Gasteiger partial charge is 0.0483 e. The Morgan fingerprint density at radius 1 is 0.647 bits per heavy atom. The third kappa shape index (κ3) is 6.20. The van der Waals surface area contributed by atoms with Crippen LogP contribution in [0.4, 0.5) is 0 Å². The molecule has 0 nitrogen and oxygen atoms in total. The highest BCUT2D eigenvalue weighted by Crippen LogP contribution is 2.29. The summed E-state index contributed by atoms with van der Waals surface area (Å²) in [6.07, 6.45) is 0. The van der Waals surface area contributed by atoms with Crippen LogP contribution in [0, 0.1) is 0 Å². The number of rotatable bonds is 5. The Bertz CT molecular complexity index is 288. The third-order valence-corrected chi connectivity index (χ3v) is 24.0. The van der Waals surface area contributed by atoms with Gasteiger partial charge in [0.25, 0.3) is 0 Å².